The lowest BCUT2D eigenvalue weighted by Crippen LogP contribution is -2.35. The maximum Gasteiger partial charge on any atom is 0.417 e. The molecule has 1 saturated heterocycles. The summed E-state index contributed by atoms with van der Waals surface area (Å²) in [6, 6.07) is 5.16. The van der Waals surface area contributed by atoms with E-state index in [-0.39, 0.29) is 41.1 Å². The first-order chi connectivity index (χ1) is 15.0. The first-order valence-corrected chi connectivity index (χ1v) is 13.8. The normalized spacial score (nSPS) is 15.8. The second-order valence-electron chi connectivity index (χ2n) is 7.11. The Bertz CT molecular complexity index is 1480. The third-order valence-electron chi connectivity index (χ3n) is 4.95. The summed E-state index contributed by atoms with van der Waals surface area (Å²) in [7, 11) is -8.21. The molecule has 0 spiro atoms. The van der Waals surface area contributed by atoms with Crippen LogP contribution >= 0.6 is 39.1 Å². The highest BCUT2D eigenvalue weighted by molar-refractivity contribution is 9.10. The summed E-state index contributed by atoms with van der Waals surface area (Å²) in [6.45, 7) is 0.748. The van der Waals surface area contributed by atoms with Gasteiger partial charge < -0.3 is 4.42 Å². The monoisotopic (exact) mass is 583 g/mol. The number of hydrogen-bond acceptors (Lipinski definition) is 6. The Morgan fingerprint density at radius 3 is 2.44 bits per heavy atom. The number of fused-ring (bicyclic) bond motifs is 1. The summed E-state index contributed by atoms with van der Waals surface area (Å²) < 4.78 is 60.9. The number of piperidine rings is 1. The fourth-order valence-electron chi connectivity index (χ4n) is 3.47. The molecule has 0 bridgehead atoms. The molecule has 4 rings (SSSR count). The van der Waals surface area contributed by atoms with E-state index in [0.29, 0.717) is 13.1 Å². The number of aromatic amines is 1. The standard InChI is InChI=1S/C18H16BrCl2N3O6S2/c19-11-9-13-16(30-18(25)22-13)15(21)17(11)31(26,27)23-10-4-5-12(20)14(8-10)32(28,29)24-6-2-1-3-7-24/h4-5,8-9,23H,1-3,6-7H2,(H,22,25). The molecule has 1 fully saturated rings. The molecule has 0 atom stereocenters. The van der Waals surface area contributed by atoms with E-state index < -0.39 is 25.8 Å². The zero-order valence-corrected chi connectivity index (χ0v) is 20.9. The SMILES string of the molecule is O=c1[nH]c2cc(Br)c(S(=O)(=O)Nc3ccc(Cl)c(S(=O)(=O)N4CCCCC4)c3)c(Cl)c2o1. The first kappa shape index (κ1) is 23.6. The average Bonchev–Trinajstić information content (AvgIpc) is 3.10. The van der Waals surface area contributed by atoms with Crippen molar-refractivity contribution >= 4 is 76.0 Å². The Morgan fingerprint density at radius 2 is 1.75 bits per heavy atom. The number of aromatic nitrogens is 1. The van der Waals surface area contributed by atoms with Crippen molar-refractivity contribution in [2.75, 3.05) is 17.8 Å². The number of rotatable bonds is 5. The zero-order valence-electron chi connectivity index (χ0n) is 16.2. The fraction of sp³-hybridized carbons (Fsp3) is 0.278. The summed E-state index contributed by atoms with van der Waals surface area (Å²) in [5.41, 5.74) is 0.0699. The van der Waals surface area contributed by atoms with Crippen LogP contribution in [0.1, 0.15) is 19.3 Å². The Balaban J connectivity index is 1.74. The van der Waals surface area contributed by atoms with Crippen LogP contribution in [0.4, 0.5) is 5.69 Å². The van der Waals surface area contributed by atoms with Gasteiger partial charge in [-0.1, -0.05) is 29.6 Å². The van der Waals surface area contributed by atoms with Crippen LogP contribution in [0.15, 0.2) is 47.7 Å². The summed E-state index contributed by atoms with van der Waals surface area (Å²) in [5.74, 6) is -0.790. The highest BCUT2D eigenvalue weighted by Crippen LogP contribution is 2.37. The van der Waals surface area contributed by atoms with Crippen LogP contribution in [-0.2, 0) is 20.0 Å². The molecule has 2 aromatic carbocycles. The van der Waals surface area contributed by atoms with Crippen molar-refractivity contribution in [3.63, 3.8) is 0 Å². The van der Waals surface area contributed by atoms with E-state index in [1.54, 1.807) is 0 Å². The molecule has 1 aromatic heterocycles. The van der Waals surface area contributed by atoms with Crippen molar-refractivity contribution in [2.24, 2.45) is 0 Å². The molecule has 0 saturated carbocycles. The highest BCUT2D eigenvalue weighted by Gasteiger charge is 2.30. The van der Waals surface area contributed by atoms with E-state index in [1.165, 1.54) is 28.6 Å². The van der Waals surface area contributed by atoms with Crippen molar-refractivity contribution in [2.45, 2.75) is 29.1 Å². The maximum absolute atomic E-state index is 13.1. The number of H-pyrrole nitrogens is 1. The highest BCUT2D eigenvalue weighted by atomic mass is 79.9. The van der Waals surface area contributed by atoms with Gasteiger partial charge in [-0.15, -0.1) is 0 Å². The van der Waals surface area contributed by atoms with Crippen molar-refractivity contribution < 1.29 is 21.3 Å². The summed E-state index contributed by atoms with van der Waals surface area (Å²) in [6.07, 6.45) is 2.43. The van der Waals surface area contributed by atoms with Crippen LogP contribution in [-0.4, -0.2) is 39.2 Å². The Morgan fingerprint density at radius 1 is 1.06 bits per heavy atom. The molecule has 0 radical (unpaired) electrons. The van der Waals surface area contributed by atoms with Crippen LogP contribution < -0.4 is 10.5 Å². The quantitative estimate of drug-likeness (QED) is 0.463. The van der Waals surface area contributed by atoms with E-state index in [4.69, 9.17) is 27.6 Å². The van der Waals surface area contributed by atoms with Crippen molar-refractivity contribution in [1.29, 1.82) is 0 Å². The largest absolute Gasteiger partial charge is 0.417 e. The second kappa shape index (κ2) is 8.65. The molecule has 0 unspecified atom stereocenters. The molecule has 3 aromatic rings. The molecule has 14 heteroatoms. The predicted octanol–water partition coefficient (Wildman–Crippen LogP) is 4.17. The van der Waals surface area contributed by atoms with Crippen LogP contribution in [0.5, 0.6) is 0 Å². The zero-order chi connectivity index (χ0) is 23.3. The Kier molecular flexibility index (Phi) is 6.38. The topological polar surface area (TPSA) is 130 Å². The molecule has 0 aliphatic carbocycles. The Labute approximate surface area is 201 Å². The van der Waals surface area contributed by atoms with E-state index in [9.17, 15) is 21.6 Å². The van der Waals surface area contributed by atoms with E-state index >= 15 is 0 Å². The third-order valence-corrected chi connectivity index (χ3v) is 10.2. The smallest absolute Gasteiger partial charge is 0.406 e. The molecular formula is C18H16BrCl2N3O6S2. The van der Waals surface area contributed by atoms with E-state index in [2.05, 4.69) is 25.6 Å². The van der Waals surface area contributed by atoms with Gasteiger partial charge in [-0.25, -0.2) is 21.6 Å². The minimum Gasteiger partial charge on any atom is -0.406 e. The summed E-state index contributed by atoms with van der Waals surface area (Å²) >= 11 is 15.5. The number of nitrogens with one attached hydrogen (secondary N) is 2. The van der Waals surface area contributed by atoms with Crippen molar-refractivity contribution in [1.82, 2.24) is 9.29 Å². The summed E-state index contributed by atoms with van der Waals surface area (Å²) in [4.78, 5) is 13.3. The van der Waals surface area contributed by atoms with Gasteiger partial charge >= 0.3 is 5.76 Å². The van der Waals surface area contributed by atoms with Gasteiger partial charge in [0.05, 0.1) is 16.2 Å². The predicted molar refractivity (Wildman–Crippen MR) is 124 cm³/mol. The Hall–Kier alpha value is -1.57. The van der Waals surface area contributed by atoms with Gasteiger partial charge in [0.2, 0.25) is 10.0 Å². The molecule has 1 aliphatic rings. The lowest BCUT2D eigenvalue weighted by molar-refractivity contribution is 0.346. The van der Waals surface area contributed by atoms with Crippen LogP contribution in [0.25, 0.3) is 11.1 Å². The van der Waals surface area contributed by atoms with Crippen LogP contribution in [0.2, 0.25) is 10.0 Å². The van der Waals surface area contributed by atoms with Gasteiger partial charge in [0, 0.05) is 17.6 Å². The van der Waals surface area contributed by atoms with Crippen molar-refractivity contribution in [3.05, 3.63) is 49.3 Å². The van der Waals surface area contributed by atoms with Crippen LogP contribution in [0.3, 0.4) is 0 Å². The average molecular weight is 585 g/mol. The lowest BCUT2D eigenvalue weighted by Gasteiger charge is -2.26. The first-order valence-electron chi connectivity index (χ1n) is 9.34. The molecule has 9 nitrogen and oxygen atoms in total. The molecular weight excluding hydrogens is 569 g/mol. The third kappa shape index (κ3) is 4.31. The number of halogens is 3. The number of nitrogens with zero attached hydrogens (tertiary/aromatic N) is 1. The number of oxazole rings is 1. The number of benzene rings is 2. The van der Waals surface area contributed by atoms with Gasteiger partial charge in [0.15, 0.2) is 5.58 Å². The molecule has 2 N–H and O–H groups in total. The fourth-order valence-corrected chi connectivity index (χ4v) is 8.39. The molecule has 2 heterocycles. The van der Waals surface area contributed by atoms with Gasteiger partial charge in [-0.2, -0.15) is 4.31 Å². The van der Waals surface area contributed by atoms with Crippen LogP contribution in [0, 0.1) is 0 Å². The summed E-state index contributed by atoms with van der Waals surface area (Å²) in [5, 5.41) is -0.330. The minimum absolute atomic E-state index is 0.0201. The number of anilines is 1. The minimum atomic E-state index is -4.31. The number of hydrogen-bond donors (Lipinski definition) is 2. The van der Waals surface area contributed by atoms with Gasteiger partial charge in [-0.3, -0.25) is 9.71 Å². The van der Waals surface area contributed by atoms with Crippen molar-refractivity contribution in [3.8, 4) is 0 Å². The molecule has 0 amide bonds. The molecule has 172 valence electrons. The second-order valence-corrected chi connectivity index (χ2v) is 12.3. The lowest BCUT2D eigenvalue weighted by atomic mass is 10.2. The maximum atomic E-state index is 13.1. The van der Waals surface area contributed by atoms with Gasteiger partial charge in [-0.05, 0) is 53.0 Å². The number of sulfonamides is 2. The molecule has 32 heavy (non-hydrogen) atoms. The van der Waals surface area contributed by atoms with Gasteiger partial charge in [0.1, 0.15) is 14.8 Å². The van der Waals surface area contributed by atoms with E-state index in [0.717, 1.165) is 19.3 Å². The van der Waals surface area contributed by atoms with E-state index in [1.807, 2.05) is 0 Å². The molecule has 1 aliphatic heterocycles. The van der Waals surface area contributed by atoms with Gasteiger partial charge in [0.25, 0.3) is 10.0 Å².